The first-order valence-corrected chi connectivity index (χ1v) is 4.63. The molecule has 1 aliphatic rings. The lowest BCUT2D eigenvalue weighted by Gasteiger charge is -2.01. The third kappa shape index (κ3) is 3.18. The Balaban J connectivity index is 0.000000160. The van der Waals surface area contributed by atoms with E-state index in [4.69, 9.17) is 5.84 Å². The number of benzene rings is 1. The zero-order valence-corrected chi connectivity index (χ0v) is 8.67. The number of nitrogens with zero attached hydrogens (tertiary/aromatic N) is 1. The van der Waals surface area contributed by atoms with Gasteiger partial charge in [-0.2, -0.15) is 0 Å². The molecule has 4 heteroatoms. The van der Waals surface area contributed by atoms with Gasteiger partial charge in [0, 0.05) is 12.2 Å². The number of rotatable bonds is 1. The van der Waals surface area contributed by atoms with Crippen LogP contribution in [0.5, 0.6) is 0 Å². The minimum Gasteiger partial charge on any atom is -0.268 e. The summed E-state index contributed by atoms with van der Waals surface area (Å²) in [5.74, 6) is 3.97. The summed E-state index contributed by atoms with van der Waals surface area (Å²) in [4.78, 5) is 20.6. The molecule has 0 spiro atoms. The highest BCUT2D eigenvalue weighted by molar-refractivity contribution is 6.12. The van der Waals surface area contributed by atoms with Crippen molar-refractivity contribution in [1.82, 2.24) is 5.01 Å². The van der Waals surface area contributed by atoms with E-state index in [0.29, 0.717) is 5.01 Å². The molecule has 0 atom stereocenters. The fraction of sp³-hybridized carbons (Fsp3) is 0. The van der Waals surface area contributed by atoms with Crippen molar-refractivity contribution in [1.29, 1.82) is 0 Å². The van der Waals surface area contributed by atoms with Gasteiger partial charge >= 0.3 is 0 Å². The minimum absolute atomic E-state index is 0.463. The van der Waals surface area contributed by atoms with Gasteiger partial charge in [0.2, 0.25) is 0 Å². The highest BCUT2D eigenvalue weighted by atomic mass is 16.2. The SMILES string of the molecule is C=Cc1ccccc1.NN1C(=O)C=CC1=O. The number of imide groups is 1. The fourth-order valence-corrected chi connectivity index (χ4v) is 1.00. The summed E-state index contributed by atoms with van der Waals surface area (Å²) in [6, 6.07) is 10.0. The van der Waals surface area contributed by atoms with Crippen LogP contribution < -0.4 is 5.84 Å². The number of carbonyl (C=O) groups is 2. The molecule has 0 radical (unpaired) electrons. The molecule has 2 rings (SSSR count). The second kappa shape index (κ2) is 5.63. The zero-order valence-electron chi connectivity index (χ0n) is 8.67. The molecular weight excluding hydrogens is 204 g/mol. The molecule has 82 valence electrons. The predicted molar refractivity (Wildman–Crippen MR) is 61.7 cm³/mol. The number of hydrazine groups is 1. The topological polar surface area (TPSA) is 63.4 Å². The largest absolute Gasteiger partial charge is 0.268 e. The molecule has 0 bridgehead atoms. The smallest absolute Gasteiger partial charge is 0.268 e. The summed E-state index contributed by atoms with van der Waals surface area (Å²) >= 11 is 0. The number of nitrogens with two attached hydrogens (primary N) is 1. The van der Waals surface area contributed by atoms with E-state index in [1.54, 1.807) is 0 Å². The van der Waals surface area contributed by atoms with E-state index in [1.807, 2.05) is 36.4 Å². The highest BCUT2D eigenvalue weighted by Gasteiger charge is 2.18. The van der Waals surface area contributed by atoms with Gasteiger partial charge in [-0.15, -0.1) is 0 Å². The molecule has 0 aromatic heterocycles. The molecule has 0 fully saturated rings. The first-order chi connectivity index (χ1) is 7.65. The Hall–Kier alpha value is -2.20. The van der Waals surface area contributed by atoms with Crippen LogP contribution in [0, 0.1) is 0 Å². The summed E-state index contributed by atoms with van der Waals surface area (Å²) in [6.45, 7) is 3.63. The summed E-state index contributed by atoms with van der Waals surface area (Å²) in [5.41, 5.74) is 1.17. The number of amides is 2. The van der Waals surface area contributed by atoms with Gasteiger partial charge in [0.1, 0.15) is 0 Å². The van der Waals surface area contributed by atoms with Crippen LogP contribution in [0.2, 0.25) is 0 Å². The lowest BCUT2D eigenvalue weighted by atomic mass is 10.2. The molecule has 1 aromatic rings. The van der Waals surface area contributed by atoms with Crippen LogP contribution >= 0.6 is 0 Å². The van der Waals surface area contributed by atoms with Crippen LogP contribution in [0.1, 0.15) is 5.56 Å². The Morgan fingerprint density at radius 3 is 1.81 bits per heavy atom. The van der Waals surface area contributed by atoms with Crippen molar-refractivity contribution in [3.05, 3.63) is 54.6 Å². The first kappa shape index (κ1) is 11.9. The van der Waals surface area contributed by atoms with Crippen LogP contribution in [0.3, 0.4) is 0 Å². The average Bonchev–Trinajstić information content (AvgIpc) is 2.62. The van der Waals surface area contributed by atoms with Crippen molar-refractivity contribution in [3.8, 4) is 0 Å². The molecule has 0 saturated carbocycles. The van der Waals surface area contributed by atoms with Crippen LogP contribution in [-0.4, -0.2) is 16.8 Å². The standard InChI is InChI=1S/C8H8.C4H4N2O2/c1-2-8-6-4-3-5-7-8;5-6-3(7)1-2-4(6)8/h2-7H,1H2;1-2H,5H2. The molecule has 2 N–H and O–H groups in total. The Kier molecular flexibility index (Phi) is 4.17. The Morgan fingerprint density at radius 2 is 1.56 bits per heavy atom. The van der Waals surface area contributed by atoms with Gasteiger partial charge in [0.05, 0.1) is 0 Å². The van der Waals surface area contributed by atoms with Crippen molar-refractivity contribution in [2.24, 2.45) is 5.84 Å². The second-order valence-electron chi connectivity index (χ2n) is 2.99. The van der Waals surface area contributed by atoms with E-state index in [-0.39, 0.29) is 0 Å². The summed E-state index contributed by atoms with van der Waals surface area (Å²) < 4.78 is 0. The fourth-order valence-electron chi connectivity index (χ4n) is 1.00. The van der Waals surface area contributed by atoms with Crippen LogP contribution in [0.25, 0.3) is 6.08 Å². The summed E-state index contributed by atoms with van der Waals surface area (Å²) in [7, 11) is 0. The van der Waals surface area contributed by atoms with Gasteiger partial charge in [-0.25, -0.2) is 10.9 Å². The molecule has 4 nitrogen and oxygen atoms in total. The van der Waals surface area contributed by atoms with E-state index >= 15 is 0 Å². The van der Waals surface area contributed by atoms with E-state index < -0.39 is 11.8 Å². The summed E-state index contributed by atoms with van der Waals surface area (Å²) in [6.07, 6.45) is 4.09. The monoisotopic (exact) mass is 216 g/mol. The third-order valence-electron chi connectivity index (χ3n) is 1.88. The molecule has 1 aliphatic heterocycles. The lowest BCUT2D eigenvalue weighted by Crippen LogP contribution is -2.36. The van der Waals surface area contributed by atoms with E-state index in [1.165, 1.54) is 5.56 Å². The number of carbonyl (C=O) groups excluding carboxylic acids is 2. The van der Waals surface area contributed by atoms with Crippen LogP contribution in [-0.2, 0) is 9.59 Å². The quantitative estimate of drug-likeness (QED) is 0.434. The third-order valence-corrected chi connectivity index (χ3v) is 1.88. The maximum Gasteiger partial charge on any atom is 0.268 e. The minimum atomic E-state index is -0.463. The Labute approximate surface area is 93.6 Å². The van der Waals surface area contributed by atoms with Gasteiger partial charge in [-0.05, 0) is 5.56 Å². The molecule has 1 heterocycles. The maximum absolute atomic E-state index is 10.3. The zero-order chi connectivity index (χ0) is 12.0. The Morgan fingerprint density at radius 1 is 1.06 bits per heavy atom. The molecular formula is C12H12N2O2. The maximum atomic E-state index is 10.3. The van der Waals surface area contributed by atoms with E-state index in [0.717, 1.165) is 12.2 Å². The van der Waals surface area contributed by atoms with Gasteiger partial charge in [0.15, 0.2) is 0 Å². The van der Waals surface area contributed by atoms with Gasteiger partial charge in [0.25, 0.3) is 11.8 Å². The van der Waals surface area contributed by atoms with Gasteiger partial charge in [-0.1, -0.05) is 43.0 Å². The van der Waals surface area contributed by atoms with Crippen molar-refractivity contribution < 1.29 is 9.59 Å². The molecule has 1 aromatic carbocycles. The van der Waals surface area contributed by atoms with Crippen molar-refractivity contribution in [2.75, 3.05) is 0 Å². The summed E-state index contributed by atoms with van der Waals surface area (Å²) in [5, 5.41) is 0.556. The van der Waals surface area contributed by atoms with Crippen LogP contribution in [0.15, 0.2) is 49.1 Å². The van der Waals surface area contributed by atoms with Gasteiger partial charge in [-0.3, -0.25) is 9.59 Å². The average molecular weight is 216 g/mol. The highest BCUT2D eigenvalue weighted by Crippen LogP contribution is 1.97. The molecule has 0 unspecified atom stereocenters. The van der Waals surface area contributed by atoms with E-state index in [2.05, 4.69) is 6.58 Å². The second-order valence-corrected chi connectivity index (χ2v) is 2.99. The normalized spacial score (nSPS) is 13.4. The number of hydrogen-bond donors (Lipinski definition) is 1. The molecule has 16 heavy (non-hydrogen) atoms. The lowest BCUT2D eigenvalue weighted by molar-refractivity contribution is -0.137. The molecule has 0 saturated heterocycles. The van der Waals surface area contributed by atoms with Gasteiger partial charge < -0.3 is 0 Å². The number of hydrogen-bond acceptors (Lipinski definition) is 3. The predicted octanol–water partition coefficient (Wildman–Crippen LogP) is 1.11. The first-order valence-electron chi connectivity index (χ1n) is 4.63. The Bertz CT molecular complexity index is 406. The van der Waals surface area contributed by atoms with Crippen molar-refractivity contribution in [3.63, 3.8) is 0 Å². The van der Waals surface area contributed by atoms with E-state index in [9.17, 15) is 9.59 Å². The molecule has 0 aliphatic carbocycles. The van der Waals surface area contributed by atoms with Crippen LogP contribution in [0.4, 0.5) is 0 Å². The van der Waals surface area contributed by atoms with Crippen molar-refractivity contribution >= 4 is 17.9 Å². The molecule has 2 amide bonds. The van der Waals surface area contributed by atoms with Crippen molar-refractivity contribution in [2.45, 2.75) is 0 Å².